The van der Waals surface area contributed by atoms with Crippen molar-refractivity contribution in [3.63, 3.8) is 0 Å². The smallest absolute Gasteiger partial charge is 0.351 e. The van der Waals surface area contributed by atoms with Crippen LogP contribution in [0.1, 0.15) is 38.0 Å². The lowest BCUT2D eigenvalue weighted by atomic mass is 9.98. The van der Waals surface area contributed by atoms with Crippen molar-refractivity contribution < 1.29 is 14.9 Å². The van der Waals surface area contributed by atoms with Crippen molar-refractivity contribution in [3.8, 4) is 6.07 Å². The second kappa shape index (κ2) is 7.55. The number of aromatic nitrogens is 2. The largest absolute Gasteiger partial charge is 0.394 e. The summed E-state index contributed by atoms with van der Waals surface area (Å²) in [5, 5.41) is 27.6. The van der Waals surface area contributed by atoms with Crippen LogP contribution in [0.15, 0.2) is 11.0 Å². The van der Waals surface area contributed by atoms with Crippen molar-refractivity contribution in [1.29, 1.82) is 5.26 Å². The minimum Gasteiger partial charge on any atom is -0.394 e. The molecule has 1 aliphatic heterocycles. The maximum absolute atomic E-state index is 12.0. The molecule has 0 saturated carbocycles. The second-order valence-corrected chi connectivity index (χ2v) is 5.96. The molecular formula is C15H22N4O4. The Morgan fingerprint density at radius 3 is 3.00 bits per heavy atom. The van der Waals surface area contributed by atoms with Crippen molar-refractivity contribution in [2.45, 2.75) is 51.0 Å². The van der Waals surface area contributed by atoms with Crippen LogP contribution in [-0.2, 0) is 11.2 Å². The van der Waals surface area contributed by atoms with E-state index in [0.29, 0.717) is 18.4 Å². The fourth-order valence-electron chi connectivity index (χ4n) is 2.72. The van der Waals surface area contributed by atoms with Crippen LogP contribution in [0.25, 0.3) is 0 Å². The highest BCUT2D eigenvalue weighted by molar-refractivity contribution is 5.37. The van der Waals surface area contributed by atoms with Gasteiger partial charge in [-0.25, -0.2) is 4.79 Å². The zero-order valence-corrected chi connectivity index (χ0v) is 13.1. The van der Waals surface area contributed by atoms with Gasteiger partial charge in [-0.05, 0) is 18.8 Å². The van der Waals surface area contributed by atoms with Crippen LogP contribution in [0.2, 0.25) is 0 Å². The van der Waals surface area contributed by atoms with E-state index < -0.39 is 24.1 Å². The Bertz CT molecular complexity index is 639. The zero-order valence-electron chi connectivity index (χ0n) is 13.1. The van der Waals surface area contributed by atoms with Gasteiger partial charge >= 0.3 is 5.69 Å². The SMILES string of the molecule is CC(CCC#N)Cc1cn([C@H]2C[C@H](O)[C@@H](CO)O2)c(=O)nc1N. The van der Waals surface area contributed by atoms with Crippen molar-refractivity contribution >= 4 is 5.82 Å². The molecule has 8 nitrogen and oxygen atoms in total. The molecule has 0 radical (unpaired) electrons. The number of ether oxygens (including phenoxy) is 1. The van der Waals surface area contributed by atoms with Gasteiger partial charge in [0, 0.05) is 24.6 Å². The van der Waals surface area contributed by atoms with E-state index in [1.807, 2.05) is 6.92 Å². The molecule has 0 amide bonds. The topological polar surface area (TPSA) is 134 Å². The molecule has 1 saturated heterocycles. The molecule has 2 rings (SSSR count). The highest BCUT2D eigenvalue weighted by Crippen LogP contribution is 2.28. The van der Waals surface area contributed by atoms with Gasteiger partial charge in [0.15, 0.2) is 0 Å². The monoisotopic (exact) mass is 322 g/mol. The minimum absolute atomic E-state index is 0.173. The molecule has 8 heteroatoms. The van der Waals surface area contributed by atoms with Gasteiger partial charge in [-0.1, -0.05) is 6.92 Å². The first-order valence-electron chi connectivity index (χ1n) is 7.65. The van der Waals surface area contributed by atoms with Gasteiger partial charge in [-0.3, -0.25) is 4.57 Å². The molecule has 1 aromatic rings. The Kier molecular flexibility index (Phi) is 5.71. The normalized spacial score (nSPS) is 25.2. The molecule has 2 heterocycles. The molecule has 1 aliphatic rings. The van der Waals surface area contributed by atoms with Crippen LogP contribution < -0.4 is 11.4 Å². The summed E-state index contributed by atoms with van der Waals surface area (Å²) >= 11 is 0. The van der Waals surface area contributed by atoms with E-state index in [1.165, 1.54) is 4.57 Å². The van der Waals surface area contributed by atoms with Gasteiger partial charge in [0.05, 0.1) is 18.8 Å². The van der Waals surface area contributed by atoms with E-state index in [-0.39, 0.29) is 24.8 Å². The van der Waals surface area contributed by atoms with Gasteiger partial charge in [-0.15, -0.1) is 0 Å². The number of hydrogen-bond donors (Lipinski definition) is 3. The van der Waals surface area contributed by atoms with Crippen molar-refractivity contribution in [2.24, 2.45) is 5.92 Å². The van der Waals surface area contributed by atoms with Crippen molar-refractivity contribution in [1.82, 2.24) is 9.55 Å². The number of nitrogens with two attached hydrogens (primary N) is 1. The lowest BCUT2D eigenvalue weighted by molar-refractivity contribution is -0.0459. The number of rotatable bonds is 6. The fraction of sp³-hybridized carbons (Fsp3) is 0.667. The van der Waals surface area contributed by atoms with Crippen LogP contribution in [0.4, 0.5) is 5.82 Å². The Labute approximate surface area is 134 Å². The van der Waals surface area contributed by atoms with Crippen LogP contribution >= 0.6 is 0 Å². The summed E-state index contributed by atoms with van der Waals surface area (Å²) in [4.78, 5) is 15.9. The molecule has 23 heavy (non-hydrogen) atoms. The van der Waals surface area contributed by atoms with E-state index >= 15 is 0 Å². The third-order valence-corrected chi connectivity index (χ3v) is 4.07. The van der Waals surface area contributed by atoms with E-state index in [9.17, 15) is 9.90 Å². The second-order valence-electron chi connectivity index (χ2n) is 5.96. The average molecular weight is 322 g/mol. The number of aliphatic hydroxyl groups is 2. The summed E-state index contributed by atoms with van der Waals surface area (Å²) in [6.07, 6.45) is 1.40. The Balaban J connectivity index is 2.20. The third-order valence-electron chi connectivity index (χ3n) is 4.07. The molecule has 0 aliphatic carbocycles. The number of nitrogen functional groups attached to an aromatic ring is 1. The van der Waals surface area contributed by atoms with Gasteiger partial charge in [0.25, 0.3) is 0 Å². The molecular weight excluding hydrogens is 300 g/mol. The summed E-state index contributed by atoms with van der Waals surface area (Å²) in [5.41, 5.74) is 5.99. The minimum atomic E-state index is -0.826. The lowest BCUT2D eigenvalue weighted by Crippen LogP contribution is -2.29. The highest BCUT2D eigenvalue weighted by atomic mass is 16.5. The predicted octanol–water partition coefficient (Wildman–Crippen LogP) is -0.0514. The summed E-state index contributed by atoms with van der Waals surface area (Å²) < 4.78 is 6.80. The van der Waals surface area contributed by atoms with Crippen molar-refractivity contribution in [2.75, 3.05) is 12.3 Å². The van der Waals surface area contributed by atoms with E-state index in [0.717, 1.165) is 6.42 Å². The molecule has 1 fully saturated rings. The van der Waals surface area contributed by atoms with Crippen LogP contribution in [0.5, 0.6) is 0 Å². The molecule has 0 aromatic carbocycles. The van der Waals surface area contributed by atoms with Gasteiger partial charge in [0.2, 0.25) is 0 Å². The Hall–Kier alpha value is -1.95. The number of nitrogens with zero attached hydrogens (tertiary/aromatic N) is 3. The molecule has 126 valence electrons. The number of aliphatic hydroxyl groups excluding tert-OH is 2. The zero-order chi connectivity index (χ0) is 17.0. The van der Waals surface area contributed by atoms with Crippen molar-refractivity contribution in [3.05, 3.63) is 22.2 Å². The quantitative estimate of drug-likeness (QED) is 0.668. The molecule has 0 spiro atoms. The summed E-state index contributed by atoms with van der Waals surface area (Å²) in [6.45, 7) is 1.69. The maximum Gasteiger partial charge on any atom is 0.351 e. The number of nitriles is 1. The maximum atomic E-state index is 12.0. The van der Waals surface area contributed by atoms with Gasteiger partial charge in [0.1, 0.15) is 18.1 Å². The Morgan fingerprint density at radius 2 is 2.39 bits per heavy atom. The van der Waals surface area contributed by atoms with Gasteiger partial charge in [-0.2, -0.15) is 10.2 Å². The average Bonchev–Trinajstić information content (AvgIpc) is 2.88. The Morgan fingerprint density at radius 1 is 1.65 bits per heavy atom. The van der Waals surface area contributed by atoms with E-state index in [2.05, 4.69) is 11.1 Å². The van der Waals surface area contributed by atoms with Crippen LogP contribution in [0.3, 0.4) is 0 Å². The highest BCUT2D eigenvalue weighted by Gasteiger charge is 2.35. The van der Waals surface area contributed by atoms with Crippen LogP contribution in [-0.4, -0.2) is 38.6 Å². The number of hydrogen-bond acceptors (Lipinski definition) is 7. The molecule has 0 bridgehead atoms. The molecule has 4 atom stereocenters. The first kappa shape index (κ1) is 17.4. The predicted molar refractivity (Wildman–Crippen MR) is 82.2 cm³/mol. The number of anilines is 1. The lowest BCUT2D eigenvalue weighted by Gasteiger charge is -2.17. The molecule has 1 aromatic heterocycles. The van der Waals surface area contributed by atoms with Crippen LogP contribution in [0, 0.1) is 17.2 Å². The van der Waals surface area contributed by atoms with Gasteiger partial charge < -0.3 is 20.7 Å². The summed E-state index contributed by atoms with van der Waals surface area (Å²) in [7, 11) is 0. The molecule has 4 N–H and O–H groups in total. The van der Waals surface area contributed by atoms with E-state index in [4.69, 9.17) is 20.8 Å². The fourth-order valence-corrected chi connectivity index (χ4v) is 2.72. The first-order chi connectivity index (χ1) is 11.0. The first-order valence-corrected chi connectivity index (χ1v) is 7.65. The van der Waals surface area contributed by atoms with E-state index in [1.54, 1.807) is 6.20 Å². The standard InChI is InChI=1S/C15H22N4O4/c1-9(3-2-4-16)5-10-7-19(15(22)18-14(10)17)13-6-11(21)12(8-20)23-13/h7,9,11-13,20-21H,2-3,5-6,8H2,1H3,(H2,17,18,22)/t9?,11-,12+,13+/m0/s1. The summed E-state index contributed by atoms with van der Waals surface area (Å²) in [6, 6.07) is 2.11. The third kappa shape index (κ3) is 4.07. The molecule has 1 unspecified atom stereocenters. The summed E-state index contributed by atoms with van der Waals surface area (Å²) in [5.74, 6) is 0.400.